The summed E-state index contributed by atoms with van der Waals surface area (Å²) in [5, 5.41) is 2.94. The van der Waals surface area contributed by atoms with Gasteiger partial charge in [-0.3, -0.25) is 4.79 Å². The molecule has 0 fully saturated rings. The van der Waals surface area contributed by atoms with E-state index in [9.17, 15) is 4.79 Å². The van der Waals surface area contributed by atoms with Crippen LogP contribution >= 0.6 is 12.4 Å². The van der Waals surface area contributed by atoms with Crippen molar-refractivity contribution in [1.82, 2.24) is 5.32 Å². The van der Waals surface area contributed by atoms with Crippen LogP contribution in [0.1, 0.15) is 17.2 Å². The third-order valence-electron chi connectivity index (χ3n) is 3.97. The number of ether oxygens (including phenoxy) is 1. The minimum atomic E-state index is -0.193. The molecule has 0 saturated heterocycles. The summed E-state index contributed by atoms with van der Waals surface area (Å²) in [7, 11) is 0. The molecule has 3 rings (SSSR count). The molecular formula is C18H21ClN2O2. The molecule has 1 aliphatic rings. The van der Waals surface area contributed by atoms with Gasteiger partial charge in [-0.05, 0) is 23.6 Å². The fourth-order valence-electron chi connectivity index (χ4n) is 2.67. The van der Waals surface area contributed by atoms with Crippen molar-refractivity contribution < 1.29 is 9.53 Å². The first kappa shape index (κ1) is 17.3. The van der Waals surface area contributed by atoms with Gasteiger partial charge in [0.1, 0.15) is 12.4 Å². The molecule has 4 nitrogen and oxygen atoms in total. The Morgan fingerprint density at radius 2 is 1.87 bits per heavy atom. The summed E-state index contributed by atoms with van der Waals surface area (Å²) in [5.74, 6) is 0.728. The van der Waals surface area contributed by atoms with Crippen molar-refractivity contribution in [2.45, 2.75) is 12.5 Å². The van der Waals surface area contributed by atoms with Crippen LogP contribution in [0.2, 0.25) is 0 Å². The predicted octanol–water partition coefficient (Wildman–Crippen LogP) is 2.48. The molecule has 1 heterocycles. The average Bonchev–Trinajstić information content (AvgIpc) is 2.59. The van der Waals surface area contributed by atoms with Crippen LogP contribution in [0.25, 0.3) is 0 Å². The van der Waals surface area contributed by atoms with Crippen molar-refractivity contribution in [3.63, 3.8) is 0 Å². The molecule has 2 unspecified atom stereocenters. The second-order valence-corrected chi connectivity index (χ2v) is 5.58. The van der Waals surface area contributed by atoms with E-state index in [1.807, 2.05) is 54.6 Å². The van der Waals surface area contributed by atoms with Crippen LogP contribution in [0.15, 0.2) is 54.6 Å². The fraction of sp³-hybridized carbons (Fsp3) is 0.278. The lowest BCUT2D eigenvalue weighted by Crippen LogP contribution is -2.40. The van der Waals surface area contributed by atoms with Crippen molar-refractivity contribution in [3.8, 4) is 5.75 Å². The third-order valence-corrected chi connectivity index (χ3v) is 3.97. The molecule has 1 amide bonds. The molecule has 122 valence electrons. The Morgan fingerprint density at radius 3 is 2.65 bits per heavy atom. The monoisotopic (exact) mass is 332 g/mol. The van der Waals surface area contributed by atoms with Crippen molar-refractivity contribution >= 4 is 18.3 Å². The molecular weight excluding hydrogens is 312 g/mol. The van der Waals surface area contributed by atoms with Gasteiger partial charge >= 0.3 is 0 Å². The lowest BCUT2D eigenvalue weighted by Gasteiger charge is -2.25. The van der Waals surface area contributed by atoms with Gasteiger partial charge in [-0.15, -0.1) is 12.4 Å². The van der Waals surface area contributed by atoms with Crippen LogP contribution in [0.3, 0.4) is 0 Å². The summed E-state index contributed by atoms with van der Waals surface area (Å²) < 4.78 is 5.66. The number of para-hydroxylation sites is 1. The van der Waals surface area contributed by atoms with Gasteiger partial charge < -0.3 is 15.8 Å². The minimum absolute atomic E-state index is 0. The maximum Gasteiger partial charge on any atom is 0.226 e. The smallest absolute Gasteiger partial charge is 0.226 e. The molecule has 2 aromatic carbocycles. The number of benzene rings is 2. The number of nitrogens with two attached hydrogens (primary N) is 1. The Morgan fingerprint density at radius 1 is 1.17 bits per heavy atom. The van der Waals surface area contributed by atoms with E-state index in [1.54, 1.807) is 0 Å². The number of nitrogens with one attached hydrogen (secondary N) is 1. The highest BCUT2D eigenvalue weighted by molar-refractivity contribution is 5.85. The molecule has 2 aromatic rings. The Bertz CT molecular complexity index is 648. The third kappa shape index (κ3) is 4.24. The number of hydrogen-bond donors (Lipinski definition) is 2. The van der Waals surface area contributed by atoms with Crippen LogP contribution in [0.4, 0.5) is 0 Å². The molecule has 2 atom stereocenters. The topological polar surface area (TPSA) is 64.3 Å². The first-order valence-electron chi connectivity index (χ1n) is 7.53. The zero-order valence-electron chi connectivity index (χ0n) is 12.8. The van der Waals surface area contributed by atoms with E-state index in [0.29, 0.717) is 19.6 Å². The fourth-order valence-corrected chi connectivity index (χ4v) is 2.67. The number of carbonyl (C=O) groups excluding carboxylic acids is 1. The van der Waals surface area contributed by atoms with Gasteiger partial charge in [-0.2, -0.15) is 0 Å². The lowest BCUT2D eigenvalue weighted by atomic mass is 9.96. The molecule has 0 bridgehead atoms. The Hall–Kier alpha value is -2.04. The molecule has 1 aliphatic heterocycles. The normalized spacial score (nSPS) is 17.2. The van der Waals surface area contributed by atoms with Gasteiger partial charge in [-0.25, -0.2) is 0 Å². The van der Waals surface area contributed by atoms with E-state index >= 15 is 0 Å². The largest absolute Gasteiger partial charge is 0.492 e. The Kier molecular flexibility index (Phi) is 6.02. The number of hydrogen-bond acceptors (Lipinski definition) is 3. The van der Waals surface area contributed by atoms with Crippen LogP contribution < -0.4 is 15.8 Å². The quantitative estimate of drug-likeness (QED) is 0.904. The standard InChI is InChI=1S/C18H20N2O2.ClH/c19-16(13-6-2-1-3-7-13)11-20-18(21)15-10-14-8-4-5-9-17(14)22-12-15;/h1-9,15-16H,10-12,19H2,(H,20,21);1H. The van der Waals surface area contributed by atoms with Crippen LogP contribution in [-0.4, -0.2) is 19.1 Å². The van der Waals surface area contributed by atoms with Crippen molar-refractivity contribution in [2.75, 3.05) is 13.2 Å². The van der Waals surface area contributed by atoms with Crippen LogP contribution in [0.5, 0.6) is 5.75 Å². The van der Waals surface area contributed by atoms with Crippen molar-refractivity contribution in [1.29, 1.82) is 0 Å². The van der Waals surface area contributed by atoms with Gasteiger partial charge in [0.2, 0.25) is 5.91 Å². The van der Waals surface area contributed by atoms with Crippen molar-refractivity contribution in [2.24, 2.45) is 11.7 Å². The van der Waals surface area contributed by atoms with Crippen molar-refractivity contribution in [3.05, 3.63) is 65.7 Å². The highest BCUT2D eigenvalue weighted by Gasteiger charge is 2.25. The molecule has 0 aromatic heterocycles. The second kappa shape index (κ2) is 7.99. The SMILES string of the molecule is Cl.NC(CNC(=O)C1COc2ccccc2C1)c1ccccc1. The number of fused-ring (bicyclic) bond motifs is 1. The summed E-state index contributed by atoms with van der Waals surface area (Å²) in [4.78, 5) is 12.3. The van der Waals surface area contributed by atoms with E-state index in [0.717, 1.165) is 16.9 Å². The maximum atomic E-state index is 12.3. The average molecular weight is 333 g/mol. The van der Waals surface area contributed by atoms with E-state index in [1.165, 1.54) is 0 Å². The summed E-state index contributed by atoms with van der Waals surface area (Å²) in [6.45, 7) is 0.852. The van der Waals surface area contributed by atoms with E-state index in [4.69, 9.17) is 10.5 Å². The molecule has 3 N–H and O–H groups in total. The molecule has 5 heteroatoms. The first-order valence-corrected chi connectivity index (χ1v) is 7.53. The highest BCUT2D eigenvalue weighted by Crippen LogP contribution is 2.26. The number of amides is 1. The highest BCUT2D eigenvalue weighted by atomic mass is 35.5. The summed E-state index contributed by atoms with van der Waals surface area (Å²) >= 11 is 0. The Balaban J connectivity index is 0.00000192. The molecule has 23 heavy (non-hydrogen) atoms. The maximum absolute atomic E-state index is 12.3. The van der Waals surface area contributed by atoms with Crippen LogP contribution in [0, 0.1) is 5.92 Å². The number of halogens is 1. The predicted molar refractivity (Wildman–Crippen MR) is 92.8 cm³/mol. The summed E-state index contributed by atoms with van der Waals surface area (Å²) in [6, 6.07) is 17.4. The van der Waals surface area contributed by atoms with Gasteiger partial charge in [0.05, 0.1) is 5.92 Å². The Labute approximate surface area is 142 Å². The van der Waals surface area contributed by atoms with E-state index in [2.05, 4.69) is 5.32 Å². The second-order valence-electron chi connectivity index (χ2n) is 5.58. The van der Waals surface area contributed by atoms with Gasteiger partial charge in [0.15, 0.2) is 0 Å². The molecule has 0 saturated carbocycles. The van der Waals surface area contributed by atoms with Gasteiger partial charge in [-0.1, -0.05) is 48.5 Å². The van der Waals surface area contributed by atoms with Gasteiger partial charge in [0, 0.05) is 12.6 Å². The zero-order valence-corrected chi connectivity index (χ0v) is 13.6. The molecule has 0 aliphatic carbocycles. The van der Waals surface area contributed by atoms with Crippen LogP contribution in [-0.2, 0) is 11.2 Å². The molecule has 0 radical (unpaired) electrons. The van der Waals surface area contributed by atoms with E-state index in [-0.39, 0.29) is 30.3 Å². The number of rotatable bonds is 4. The first-order chi connectivity index (χ1) is 10.7. The lowest BCUT2D eigenvalue weighted by molar-refractivity contribution is -0.126. The minimum Gasteiger partial charge on any atom is -0.492 e. The molecule has 0 spiro atoms. The summed E-state index contributed by atoms with van der Waals surface area (Å²) in [5.41, 5.74) is 8.21. The van der Waals surface area contributed by atoms with Gasteiger partial charge in [0.25, 0.3) is 0 Å². The summed E-state index contributed by atoms with van der Waals surface area (Å²) in [6.07, 6.45) is 0.711. The number of carbonyl (C=O) groups is 1. The zero-order chi connectivity index (χ0) is 15.4. The van der Waals surface area contributed by atoms with E-state index < -0.39 is 0 Å².